The van der Waals surface area contributed by atoms with Crippen molar-refractivity contribution >= 4 is 17.7 Å². The summed E-state index contributed by atoms with van der Waals surface area (Å²) in [5.41, 5.74) is 2.88. The highest BCUT2D eigenvalue weighted by Crippen LogP contribution is 2.40. The number of hydrogen-bond acceptors (Lipinski definition) is 6. The van der Waals surface area contributed by atoms with E-state index in [0.29, 0.717) is 22.4 Å². The molecule has 0 saturated heterocycles. The molecule has 0 saturated carbocycles. The normalized spacial score (nSPS) is 17.0. The number of hydrogen-bond donors (Lipinski definition) is 1. The Morgan fingerprint density at radius 3 is 2.46 bits per heavy atom. The van der Waals surface area contributed by atoms with Crippen molar-refractivity contribution in [3.8, 4) is 12.1 Å². The molecule has 1 atom stereocenters. The molecule has 0 bridgehead atoms. The van der Waals surface area contributed by atoms with Gasteiger partial charge in [0.05, 0.1) is 46.4 Å². The number of thioether (sulfide) groups is 1. The lowest BCUT2D eigenvalue weighted by Gasteiger charge is -2.28. The van der Waals surface area contributed by atoms with Crippen LogP contribution < -0.4 is 5.32 Å². The summed E-state index contributed by atoms with van der Waals surface area (Å²) in [7, 11) is 0. The summed E-state index contributed by atoms with van der Waals surface area (Å²) in [4.78, 5) is 12.5. The maximum atomic E-state index is 12.5. The summed E-state index contributed by atoms with van der Waals surface area (Å²) >= 11 is 1.42. The van der Waals surface area contributed by atoms with Crippen molar-refractivity contribution in [1.29, 1.82) is 10.5 Å². The summed E-state index contributed by atoms with van der Waals surface area (Å²) in [5.74, 6) is -0.949. The number of esters is 1. The van der Waals surface area contributed by atoms with Crippen LogP contribution >= 0.6 is 11.8 Å². The molecule has 0 fully saturated rings. The average Bonchev–Trinajstić information content (AvgIpc) is 2.60. The van der Waals surface area contributed by atoms with Gasteiger partial charge >= 0.3 is 5.97 Å². The Morgan fingerprint density at radius 1 is 1.29 bits per heavy atom. The fourth-order valence-corrected chi connectivity index (χ4v) is 3.28. The second-order valence-electron chi connectivity index (χ2n) is 5.11. The van der Waals surface area contributed by atoms with E-state index in [9.17, 15) is 10.1 Å². The molecule has 0 spiro atoms. The summed E-state index contributed by atoms with van der Waals surface area (Å²) < 4.78 is 5.18. The van der Waals surface area contributed by atoms with Crippen LogP contribution in [-0.4, -0.2) is 18.8 Å². The smallest absolute Gasteiger partial charge is 0.336 e. The van der Waals surface area contributed by atoms with Gasteiger partial charge in [-0.05, 0) is 37.8 Å². The van der Waals surface area contributed by atoms with Gasteiger partial charge in [0.1, 0.15) is 0 Å². The van der Waals surface area contributed by atoms with Crippen LogP contribution in [0, 0.1) is 22.7 Å². The van der Waals surface area contributed by atoms with Gasteiger partial charge in [-0.15, -0.1) is 11.8 Å². The largest absolute Gasteiger partial charge is 0.463 e. The molecule has 5 nitrogen and oxygen atoms in total. The highest BCUT2D eigenvalue weighted by Gasteiger charge is 2.35. The zero-order valence-electron chi connectivity index (χ0n) is 13.7. The quantitative estimate of drug-likeness (QED) is 0.848. The standard InChI is InChI=1S/C18H17N3O2S/c1-4-23-18(22)15-11(2)21-17(24-3)14(10-20)16(15)13-7-5-12(9-19)6-8-13/h5-8,16,21H,4H2,1-3H3. The van der Waals surface area contributed by atoms with E-state index in [2.05, 4.69) is 17.5 Å². The number of ether oxygens (including phenoxy) is 1. The van der Waals surface area contributed by atoms with Crippen molar-refractivity contribution in [3.05, 3.63) is 57.3 Å². The lowest BCUT2D eigenvalue weighted by Crippen LogP contribution is -2.28. The van der Waals surface area contributed by atoms with E-state index in [-0.39, 0.29) is 6.61 Å². The van der Waals surface area contributed by atoms with Gasteiger partial charge in [-0.25, -0.2) is 4.79 Å². The molecule has 0 aromatic heterocycles. The Morgan fingerprint density at radius 2 is 1.96 bits per heavy atom. The van der Waals surface area contributed by atoms with Crippen LogP contribution in [0.25, 0.3) is 0 Å². The zero-order valence-corrected chi connectivity index (χ0v) is 14.5. The molecule has 0 radical (unpaired) electrons. The van der Waals surface area contributed by atoms with Gasteiger partial charge in [-0.2, -0.15) is 10.5 Å². The van der Waals surface area contributed by atoms with Crippen LogP contribution in [0.1, 0.15) is 30.9 Å². The molecule has 1 aliphatic rings. The fraction of sp³-hybridized carbons (Fsp3) is 0.278. The fourth-order valence-electron chi connectivity index (χ4n) is 2.64. The molecule has 2 rings (SSSR count). The third kappa shape index (κ3) is 3.29. The number of nitrogens with one attached hydrogen (secondary N) is 1. The number of carbonyl (C=O) groups is 1. The van der Waals surface area contributed by atoms with Crippen LogP contribution in [0.2, 0.25) is 0 Å². The minimum absolute atomic E-state index is 0.261. The lowest BCUT2D eigenvalue weighted by atomic mass is 9.82. The van der Waals surface area contributed by atoms with Gasteiger partial charge < -0.3 is 10.1 Å². The Hall–Kier alpha value is -2.70. The number of carbonyl (C=O) groups excluding carboxylic acids is 1. The van der Waals surface area contributed by atoms with Crippen molar-refractivity contribution < 1.29 is 9.53 Å². The summed E-state index contributed by atoms with van der Waals surface area (Å²) in [5, 5.41) is 22.5. The van der Waals surface area contributed by atoms with Gasteiger partial charge in [0.25, 0.3) is 0 Å². The van der Waals surface area contributed by atoms with Crippen molar-refractivity contribution in [1.82, 2.24) is 5.32 Å². The number of dihydropyridines is 1. The Kier molecular flexibility index (Phi) is 5.68. The van der Waals surface area contributed by atoms with E-state index in [1.165, 1.54) is 11.8 Å². The van der Waals surface area contributed by atoms with Gasteiger partial charge in [-0.3, -0.25) is 0 Å². The third-order valence-corrected chi connectivity index (χ3v) is 4.45. The Balaban J connectivity index is 2.62. The monoisotopic (exact) mass is 339 g/mol. The van der Waals surface area contributed by atoms with Crippen LogP contribution in [-0.2, 0) is 9.53 Å². The highest BCUT2D eigenvalue weighted by atomic mass is 32.2. The van der Waals surface area contributed by atoms with E-state index in [4.69, 9.17) is 10.00 Å². The Labute approximate surface area is 145 Å². The average molecular weight is 339 g/mol. The number of benzene rings is 1. The molecular weight excluding hydrogens is 322 g/mol. The minimum Gasteiger partial charge on any atom is -0.463 e. The van der Waals surface area contributed by atoms with Gasteiger partial charge in [-0.1, -0.05) is 12.1 Å². The van der Waals surface area contributed by atoms with Crippen LogP contribution in [0.5, 0.6) is 0 Å². The van der Waals surface area contributed by atoms with Crippen LogP contribution in [0.15, 0.2) is 46.1 Å². The van der Waals surface area contributed by atoms with Crippen molar-refractivity contribution in [2.24, 2.45) is 0 Å². The van der Waals surface area contributed by atoms with E-state index in [1.54, 1.807) is 38.1 Å². The number of nitrogens with zero attached hydrogens (tertiary/aromatic N) is 2. The highest BCUT2D eigenvalue weighted by molar-refractivity contribution is 8.02. The van der Waals surface area contributed by atoms with E-state index < -0.39 is 11.9 Å². The van der Waals surface area contributed by atoms with Crippen molar-refractivity contribution in [3.63, 3.8) is 0 Å². The SMILES string of the molecule is CCOC(=O)C1=C(C)NC(SC)=C(C#N)C1c1ccc(C#N)cc1. The van der Waals surface area contributed by atoms with E-state index >= 15 is 0 Å². The summed E-state index contributed by atoms with van der Waals surface area (Å²) in [6.45, 7) is 3.80. The summed E-state index contributed by atoms with van der Waals surface area (Å²) in [6, 6.07) is 11.2. The molecule has 6 heteroatoms. The second-order valence-corrected chi connectivity index (χ2v) is 5.93. The Bertz CT molecular complexity index is 795. The number of allylic oxidation sites excluding steroid dienone is 2. The topological polar surface area (TPSA) is 85.9 Å². The lowest BCUT2D eigenvalue weighted by molar-refractivity contribution is -0.138. The third-order valence-electron chi connectivity index (χ3n) is 3.72. The molecule has 0 aliphatic carbocycles. The minimum atomic E-state index is -0.509. The predicted molar refractivity (Wildman–Crippen MR) is 92.5 cm³/mol. The van der Waals surface area contributed by atoms with Gasteiger partial charge in [0.15, 0.2) is 0 Å². The second kappa shape index (κ2) is 7.72. The van der Waals surface area contributed by atoms with Gasteiger partial charge in [0.2, 0.25) is 0 Å². The van der Waals surface area contributed by atoms with Crippen molar-refractivity contribution in [2.45, 2.75) is 19.8 Å². The molecule has 0 amide bonds. The zero-order chi connectivity index (χ0) is 17.7. The molecule has 1 N–H and O–H groups in total. The molecule has 1 heterocycles. The maximum Gasteiger partial charge on any atom is 0.336 e. The molecular formula is C18H17N3O2S. The molecule has 122 valence electrons. The van der Waals surface area contributed by atoms with E-state index in [1.807, 2.05) is 6.26 Å². The molecule has 1 aliphatic heterocycles. The van der Waals surface area contributed by atoms with E-state index in [0.717, 1.165) is 10.6 Å². The number of nitriles is 2. The van der Waals surface area contributed by atoms with Gasteiger partial charge in [0, 0.05) is 5.70 Å². The van der Waals surface area contributed by atoms with Crippen molar-refractivity contribution in [2.75, 3.05) is 12.9 Å². The first kappa shape index (κ1) is 17.7. The first-order valence-electron chi connectivity index (χ1n) is 7.40. The first-order valence-corrected chi connectivity index (χ1v) is 8.63. The summed E-state index contributed by atoms with van der Waals surface area (Å²) in [6.07, 6.45) is 1.87. The molecule has 1 unspecified atom stereocenters. The molecule has 24 heavy (non-hydrogen) atoms. The number of rotatable bonds is 4. The first-order chi connectivity index (χ1) is 11.6. The molecule has 1 aromatic rings. The maximum absolute atomic E-state index is 12.5. The van der Waals surface area contributed by atoms with Crippen LogP contribution in [0.4, 0.5) is 0 Å². The van der Waals surface area contributed by atoms with Crippen LogP contribution in [0.3, 0.4) is 0 Å². The molecule has 1 aromatic carbocycles. The predicted octanol–water partition coefficient (Wildman–Crippen LogP) is 3.18.